The standard InChI is InChI=1S/C12H19N3O4S/c1-12(2,3)11(13)6-8-4-5-9(20(14,18)19)7-10(8)15(16)17/h4-5,7,11H,6,13H2,1-3H3,(H2,14,18,19). The van der Waals surface area contributed by atoms with Crippen molar-refractivity contribution in [1.29, 1.82) is 0 Å². The molecule has 0 spiro atoms. The van der Waals surface area contributed by atoms with E-state index in [0.29, 0.717) is 5.56 Å². The summed E-state index contributed by atoms with van der Waals surface area (Å²) in [7, 11) is -3.97. The molecule has 0 aliphatic heterocycles. The van der Waals surface area contributed by atoms with Crippen molar-refractivity contribution in [2.24, 2.45) is 16.3 Å². The number of benzene rings is 1. The average molecular weight is 301 g/mol. The van der Waals surface area contributed by atoms with Crippen LogP contribution in [0.4, 0.5) is 5.69 Å². The normalized spacial score (nSPS) is 14.1. The number of nitrogens with two attached hydrogens (primary N) is 2. The molecular formula is C12H19N3O4S. The molecule has 0 heterocycles. The van der Waals surface area contributed by atoms with Gasteiger partial charge in [0.25, 0.3) is 5.69 Å². The summed E-state index contributed by atoms with van der Waals surface area (Å²) in [4.78, 5) is 10.2. The molecule has 0 saturated carbocycles. The van der Waals surface area contributed by atoms with Crippen LogP contribution in [-0.4, -0.2) is 19.4 Å². The molecule has 0 fully saturated rings. The fraction of sp³-hybridized carbons (Fsp3) is 0.500. The largest absolute Gasteiger partial charge is 0.327 e. The minimum absolute atomic E-state index is 0.216. The first-order valence-corrected chi connectivity index (χ1v) is 7.53. The van der Waals surface area contributed by atoms with Crippen LogP contribution in [0.1, 0.15) is 26.3 Å². The van der Waals surface area contributed by atoms with E-state index in [-0.39, 0.29) is 28.5 Å². The van der Waals surface area contributed by atoms with E-state index in [4.69, 9.17) is 10.9 Å². The summed E-state index contributed by atoms with van der Waals surface area (Å²) in [5, 5.41) is 16.0. The average Bonchev–Trinajstić information content (AvgIpc) is 2.26. The minimum Gasteiger partial charge on any atom is -0.327 e. The van der Waals surface area contributed by atoms with Gasteiger partial charge in [-0.25, -0.2) is 13.6 Å². The fourth-order valence-electron chi connectivity index (χ4n) is 1.61. The predicted molar refractivity (Wildman–Crippen MR) is 75.6 cm³/mol. The SMILES string of the molecule is CC(C)(C)C(N)Cc1ccc(S(N)(=O)=O)cc1[N+](=O)[O-]. The van der Waals surface area contributed by atoms with Gasteiger partial charge in [0, 0.05) is 17.7 Å². The third-order valence-electron chi connectivity index (χ3n) is 3.13. The van der Waals surface area contributed by atoms with Crippen molar-refractivity contribution in [2.45, 2.75) is 38.1 Å². The lowest BCUT2D eigenvalue weighted by molar-refractivity contribution is -0.385. The first-order chi connectivity index (χ1) is 8.93. The Bertz CT molecular complexity index is 620. The summed E-state index contributed by atoms with van der Waals surface area (Å²) >= 11 is 0. The van der Waals surface area contributed by atoms with Crippen molar-refractivity contribution < 1.29 is 13.3 Å². The zero-order valence-electron chi connectivity index (χ0n) is 11.7. The van der Waals surface area contributed by atoms with Crippen molar-refractivity contribution in [1.82, 2.24) is 0 Å². The molecule has 0 aliphatic carbocycles. The summed E-state index contributed by atoms with van der Waals surface area (Å²) in [5.74, 6) is 0. The van der Waals surface area contributed by atoms with E-state index in [9.17, 15) is 18.5 Å². The van der Waals surface area contributed by atoms with Crippen LogP contribution in [0.3, 0.4) is 0 Å². The highest BCUT2D eigenvalue weighted by molar-refractivity contribution is 7.89. The van der Waals surface area contributed by atoms with Crippen molar-refractivity contribution in [3.63, 3.8) is 0 Å². The van der Waals surface area contributed by atoms with Gasteiger partial charge in [0.2, 0.25) is 10.0 Å². The Morgan fingerprint density at radius 1 is 1.35 bits per heavy atom. The first-order valence-electron chi connectivity index (χ1n) is 5.98. The van der Waals surface area contributed by atoms with Gasteiger partial charge in [0.05, 0.1) is 9.82 Å². The Morgan fingerprint density at radius 2 is 1.90 bits per heavy atom. The molecule has 112 valence electrons. The van der Waals surface area contributed by atoms with Crippen LogP contribution >= 0.6 is 0 Å². The van der Waals surface area contributed by atoms with Gasteiger partial charge in [-0.15, -0.1) is 0 Å². The Labute approximate surface area is 118 Å². The Hall–Kier alpha value is -1.51. The molecule has 8 heteroatoms. The summed E-state index contributed by atoms with van der Waals surface area (Å²) in [5.41, 5.74) is 5.91. The molecular weight excluding hydrogens is 282 g/mol. The van der Waals surface area contributed by atoms with Crippen LogP contribution in [0, 0.1) is 15.5 Å². The summed E-state index contributed by atoms with van der Waals surface area (Å²) in [6.07, 6.45) is 0.282. The first kappa shape index (κ1) is 16.5. The van der Waals surface area contributed by atoms with Crippen LogP contribution in [0.15, 0.2) is 23.1 Å². The third-order valence-corrected chi connectivity index (χ3v) is 4.05. The van der Waals surface area contributed by atoms with E-state index < -0.39 is 14.9 Å². The molecule has 1 aromatic rings. The number of rotatable bonds is 4. The monoisotopic (exact) mass is 301 g/mol. The van der Waals surface area contributed by atoms with Crippen LogP contribution < -0.4 is 10.9 Å². The minimum atomic E-state index is -3.97. The smallest absolute Gasteiger partial charge is 0.273 e. The maximum Gasteiger partial charge on any atom is 0.273 e. The number of hydrogen-bond acceptors (Lipinski definition) is 5. The van der Waals surface area contributed by atoms with Crippen LogP contribution in [0.2, 0.25) is 0 Å². The van der Waals surface area contributed by atoms with Gasteiger partial charge in [-0.2, -0.15) is 0 Å². The van der Waals surface area contributed by atoms with E-state index in [1.807, 2.05) is 20.8 Å². The second kappa shape index (κ2) is 5.47. The van der Waals surface area contributed by atoms with Gasteiger partial charge in [0.15, 0.2) is 0 Å². The third kappa shape index (κ3) is 3.99. The maximum atomic E-state index is 11.2. The Kier molecular flexibility index (Phi) is 4.52. The lowest BCUT2D eigenvalue weighted by Crippen LogP contribution is -2.37. The van der Waals surface area contributed by atoms with E-state index in [1.54, 1.807) is 0 Å². The molecule has 1 unspecified atom stereocenters. The van der Waals surface area contributed by atoms with Gasteiger partial charge in [-0.05, 0) is 17.9 Å². The Balaban J connectivity index is 3.25. The van der Waals surface area contributed by atoms with Gasteiger partial charge >= 0.3 is 0 Å². The number of nitro benzene ring substituents is 1. The van der Waals surface area contributed by atoms with Crippen molar-refractivity contribution >= 4 is 15.7 Å². The molecule has 0 aliphatic rings. The molecule has 1 rings (SSSR count). The van der Waals surface area contributed by atoms with E-state index in [0.717, 1.165) is 6.07 Å². The molecule has 0 radical (unpaired) electrons. The molecule has 0 bridgehead atoms. The second-order valence-electron chi connectivity index (χ2n) is 5.77. The van der Waals surface area contributed by atoms with E-state index in [2.05, 4.69) is 0 Å². The quantitative estimate of drug-likeness (QED) is 0.636. The molecule has 0 aromatic heterocycles. The van der Waals surface area contributed by atoms with Crippen LogP contribution in [-0.2, 0) is 16.4 Å². The zero-order valence-corrected chi connectivity index (χ0v) is 12.5. The van der Waals surface area contributed by atoms with Gasteiger partial charge in [-0.3, -0.25) is 10.1 Å². The van der Waals surface area contributed by atoms with Crippen molar-refractivity contribution in [3.05, 3.63) is 33.9 Å². The highest BCUT2D eigenvalue weighted by atomic mass is 32.2. The highest BCUT2D eigenvalue weighted by Crippen LogP contribution is 2.27. The molecule has 1 atom stereocenters. The number of nitrogens with zero attached hydrogens (tertiary/aromatic N) is 1. The van der Waals surface area contributed by atoms with Gasteiger partial charge in [-0.1, -0.05) is 26.8 Å². The van der Waals surface area contributed by atoms with Crippen molar-refractivity contribution in [3.8, 4) is 0 Å². The highest BCUT2D eigenvalue weighted by Gasteiger charge is 2.25. The maximum absolute atomic E-state index is 11.2. The van der Waals surface area contributed by atoms with Crippen molar-refractivity contribution in [2.75, 3.05) is 0 Å². The summed E-state index contributed by atoms with van der Waals surface area (Å²) < 4.78 is 22.5. The van der Waals surface area contributed by atoms with Gasteiger partial charge in [0.1, 0.15) is 0 Å². The summed E-state index contributed by atoms with van der Waals surface area (Å²) in [6, 6.07) is 3.33. The number of sulfonamides is 1. The molecule has 20 heavy (non-hydrogen) atoms. The Morgan fingerprint density at radius 3 is 2.30 bits per heavy atom. The molecule has 0 amide bonds. The number of primary sulfonamides is 1. The number of hydrogen-bond donors (Lipinski definition) is 2. The lowest BCUT2D eigenvalue weighted by atomic mass is 9.83. The van der Waals surface area contributed by atoms with E-state index in [1.165, 1.54) is 12.1 Å². The number of nitro groups is 1. The molecule has 7 nitrogen and oxygen atoms in total. The summed E-state index contributed by atoms with van der Waals surface area (Å²) in [6.45, 7) is 5.80. The topological polar surface area (TPSA) is 129 Å². The van der Waals surface area contributed by atoms with E-state index >= 15 is 0 Å². The predicted octanol–water partition coefficient (Wildman–Crippen LogP) is 1.16. The lowest BCUT2D eigenvalue weighted by Gasteiger charge is -2.27. The fourth-order valence-corrected chi connectivity index (χ4v) is 2.14. The second-order valence-corrected chi connectivity index (χ2v) is 7.33. The van der Waals surface area contributed by atoms with Crippen LogP contribution in [0.5, 0.6) is 0 Å². The molecule has 0 saturated heterocycles. The molecule has 1 aromatic carbocycles. The van der Waals surface area contributed by atoms with Crippen LogP contribution in [0.25, 0.3) is 0 Å². The molecule has 4 N–H and O–H groups in total. The zero-order chi connectivity index (χ0) is 15.7. The van der Waals surface area contributed by atoms with Gasteiger partial charge < -0.3 is 5.73 Å².